The van der Waals surface area contributed by atoms with Gasteiger partial charge in [-0.15, -0.1) is 0 Å². The van der Waals surface area contributed by atoms with Crippen LogP contribution in [0.2, 0.25) is 0 Å². The number of hydrogen-bond acceptors (Lipinski definition) is 4. The highest BCUT2D eigenvalue weighted by molar-refractivity contribution is 7.88. The summed E-state index contributed by atoms with van der Waals surface area (Å²) < 4.78 is 26.0. The highest BCUT2D eigenvalue weighted by Gasteiger charge is 2.36. The average molecular weight is 427 g/mol. The van der Waals surface area contributed by atoms with Gasteiger partial charge in [0.15, 0.2) is 0 Å². The largest absolute Gasteiger partial charge is 0.312 e. The molecule has 2 aromatic rings. The lowest BCUT2D eigenvalue weighted by molar-refractivity contribution is -0.130. The Hall–Kier alpha value is -2.67. The van der Waals surface area contributed by atoms with Crippen LogP contribution in [0.25, 0.3) is 0 Å². The lowest BCUT2D eigenvalue weighted by Gasteiger charge is -2.30. The van der Waals surface area contributed by atoms with Gasteiger partial charge in [-0.2, -0.15) is 0 Å². The van der Waals surface area contributed by atoms with Crippen molar-refractivity contribution in [2.75, 3.05) is 17.7 Å². The molecule has 1 aliphatic carbocycles. The minimum atomic E-state index is -3.75. The fraction of sp³-hybridized carbons (Fsp3) is 0.391. The molecule has 30 heavy (non-hydrogen) atoms. The van der Waals surface area contributed by atoms with Crippen LogP contribution >= 0.6 is 0 Å². The number of aryl methyl sites for hydroxylation is 2. The predicted octanol–water partition coefficient (Wildman–Crippen LogP) is 3.22. The first kappa shape index (κ1) is 20.6. The zero-order chi connectivity index (χ0) is 21.3. The SMILES string of the molecule is CS(=O)(=O)N(C(=O)CCC(=O)N1CCCc2ccccc21)C1CCc2ccccc21. The summed E-state index contributed by atoms with van der Waals surface area (Å²) >= 11 is 0. The van der Waals surface area contributed by atoms with Gasteiger partial charge in [0.2, 0.25) is 21.8 Å². The number of benzene rings is 2. The zero-order valence-electron chi connectivity index (χ0n) is 17.1. The molecule has 0 N–H and O–H groups in total. The summed E-state index contributed by atoms with van der Waals surface area (Å²) in [4.78, 5) is 27.6. The maximum atomic E-state index is 13.0. The number of anilines is 1. The summed E-state index contributed by atoms with van der Waals surface area (Å²) in [5.41, 5.74) is 3.98. The highest BCUT2D eigenvalue weighted by Crippen LogP contribution is 2.37. The van der Waals surface area contributed by atoms with E-state index in [1.807, 2.05) is 48.5 Å². The molecule has 0 bridgehead atoms. The summed E-state index contributed by atoms with van der Waals surface area (Å²) in [5, 5.41) is 0. The molecule has 0 aromatic heterocycles. The van der Waals surface area contributed by atoms with Crippen molar-refractivity contribution in [1.29, 1.82) is 0 Å². The lowest BCUT2D eigenvalue weighted by Crippen LogP contribution is -2.40. The molecule has 0 spiro atoms. The second-order valence-electron chi connectivity index (χ2n) is 7.98. The number of carbonyl (C=O) groups excluding carboxylic acids is 2. The molecule has 2 aliphatic rings. The van der Waals surface area contributed by atoms with Gasteiger partial charge in [-0.05, 0) is 48.4 Å². The van der Waals surface area contributed by atoms with Crippen molar-refractivity contribution in [3.8, 4) is 0 Å². The van der Waals surface area contributed by atoms with Gasteiger partial charge in [-0.1, -0.05) is 42.5 Å². The van der Waals surface area contributed by atoms with E-state index in [1.54, 1.807) is 4.90 Å². The molecule has 7 heteroatoms. The van der Waals surface area contributed by atoms with E-state index in [0.717, 1.165) is 52.2 Å². The number of para-hydroxylation sites is 1. The van der Waals surface area contributed by atoms with E-state index < -0.39 is 22.0 Å². The molecule has 2 amide bonds. The van der Waals surface area contributed by atoms with Crippen LogP contribution in [0.15, 0.2) is 48.5 Å². The monoisotopic (exact) mass is 426 g/mol. The van der Waals surface area contributed by atoms with Gasteiger partial charge in [0.05, 0.1) is 12.3 Å². The number of nitrogens with zero attached hydrogens (tertiary/aromatic N) is 2. The molecule has 6 nitrogen and oxygen atoms in total. The zero-order valence-corrected chi connectivity index (χ0v) is 17.9. The number of amides is 2. The number of hydrogen-bond donors (Lipinski definition) is 0. The van der Waals surface area contributed by atoms with E-state index in [4.69, 9.17) is 0 Å². The molecule has 158 valence electrons. The molecule has 0 saturated heterocycles. The number of sulfonamides is 1. The van der Waals surface area contributed by atoms with E-state index in [0.29, 0.717) is 13.0 Å². The third kappa shape index (κ3) is 3.99. The van der Waals surface area contributed by atoms with Gasteiger partial charge in [0, 0.05) is 25.1 Å². The van der Waals surface area contributed by atoms with Crippen molar-refractivity contribution < 1.29 is 18.0 Å². The Labute approximate surface area is 177 Å². The second-order valence-corrected chi connectivity index (χ2v) is 9.84. The molecule has 1 atom stereocenters. The van der Waals surface area contributed by atoms with Crippen LogP contribution in [-0.2, 0) is 32.5 Å². The maximum Gasteiger partial charge on any atom is 0.237 e. The molecule has 1 aliphatic heterocycles. The van der Waals surface area contributed by atoms with Crippen LogP contribution in [0.5, 0.6) is 0 Å². The normalized spacial score (nSPS) is 17.9. The maximum absolute atomic E-state index is 13.0. The topological polar surface area (TPSA) is 74.8 Å². The number of carbonyl (C=O) groups is 2. The molecule has 1 unspecified atom stereocenters. The van der Waals surface area contributed by atoms with Gasteiger partial charge < -0.3 is 4.90 Å². The van der Waals surface area contributed by atoms with Gasteiger partial charge >= 0.3 is 0 Å². The molecule has 4 rings (SSSR count). The van der Waals surface area contributed by atoms with Crippen molar-refractivity contribution in [2.45, 2.75) is 44.6 Å². The molecule has 1 heterocycles. The Morgan fingerprint density at radius 2 is 1.70 bits per heavy atom. The van der Waals surface area contributed by atoms with E-state index >= 15 is 0 Å². The quantitative estimate of drug-likeness (QED) is 0.736. The minimum absolute atomic E-state index is 0.00639. The Kier molecular flexibility index (Phi) is 5.64. The Balaban J connectivity index is 1.49. The Bertz CT molecular complexity index is 1080. The summed E-state index contributed by atoms with van der Waals surface area (Å²) in [6.07, 6.45) is 4.06. The molecule has 0 fully saturated rings. The second kappa shape index (κ2) is 8.22. The third-order valence-corrected chi connectivity index (χ3v) is 7.12. The number of rotatable bonds is 5. The Morgan fingerprint density at radius 3 is 2.47 bits per heavy atom. The molecular formula is C23H26N2O4S. The summed E-state index contributed by atoms with van der Waals surface area (Å²) in [6, 6.07) is 14.9. The van der Waals surface area contributed by atoms with E-state index in [-0.39, 0.29) is 18.7 Å². The Morgan fingerprint density at radius 1 is 1.00 bits per heavy atom. The van der Waals surface area contributed by atoms with Crippen molar-refractivity contribution in [3.63, 3.8) is 0 Å². The molecule has 2 aromatic carbocycles. The van der Waals surface area contributed by atoms with E-state index in [9.17, 15) is 18.0 Å². The first-order valence-corrected chi connectivity index (χ1v) is 12.2. The minimum Gasteiger partial charge on any atom is -0.312 e. The fourth-order valence-corrected chi connectivity index (χ4v) is 5.76. The van der Waals surface area contributed by atoms with Crippen LogP contribution in [0.3, 0.4) is 0 Å². The van der Waals surface area contributed by atoms with Crippen LogP contribution in [0.4, 0.5) is 5.69 Å². The molecule has 0 saturated carbocycles. The molecule has 0 radical (unpaired) electrons. The lowest BCUT2D eigenvalue weighted by atomic mass is 10.0. The van der Waals surface area contributed by atoms with E-state index in [2.05, 4.69) is 0 Å². The van der Waals surface area contributed by atoms with Crippen molar-refractivity contribution in [1.82, 2.24) is 4.31 Å². The van der Waals surface area contributed by atoms with Crippen molar-refractivity contribution in [3.05, 3.63) is 65.2 Å². The summed E-state index contributed by atoms with van der Waals surface area (Å²) in [7, 11) is -3.75. The van der Waals surface area contributed by atoms with Crippen LogP contribution < -0.4 is 4.90 Å². The summed E-state index contributed by atoms with van der Waals surface area (Å²) in [6.45, 7) is 0.621. The first-order chi connectivity index (χ1) is 14.4. The first-order valence-electron chi connectivity index (χ1n) is 10.3. The van der Waals surface area contributed by atoms with Gasteiger partial charge in [-0.3, -0.25) is 9.59 Å². The third-order valence-electron chi connectivity index (χ3n) is 5.95. The summed E-state index contributed by atoms with van der Waals surface area (Å²) in [5.74, 6) is -0.659. The predicted molar refractivity (Wildman–Crippen MR) is 116 cm³/mol. The fourth-order valence-electron chi connectivity index (χ4n) is 4.62. The van der Waals surface area contributed by atoms with Crippen LogP contribution in [-0.4, -0.2) is 37.3 Å². The number of fused-ring (bicyclic) bond motifs is 2. The van der Waals surface area contributed by atoms with E-state index in [1.165, 1.54) is 0 Å². The highest BCUT2D eigenvalue weighted by atomic mass is 32.2. The van der Waals surface area contributed by atoms with Gasteiger partial charge in [0.25, 0.3) is 0 Å². The van der Waals surface area contributed by atoms with Gasteiger partial charge in [0.1, 0.15) is 0 Å². The van der Waals surface area contributed by atoms with Crippen LogP contribution in [0.1, 0.15) is 48.4 Å². The van der Waals surface area contributed by atoms with Crippen molar-refractivity contribution >= 4 is 27.5 Å². The average Bonchev–Trinajstić information content (AvgIpc) is 3.14. The smallest absolute Gasteiger partial charge is 0.237 e. The molecular weight excluding hydrogens is 400 g/mol. The van der Waals surface area contributed by atoms with Gasteiger partial charge in [-0.25, -0.2) is 12.7 Å². The van der Waals surface area contributed by atoms with Crippen LogP contribution in [0, 0.1) is 0 Å². The van der Waals surface area contributed by atoms with Crippen molar-refractivity contribution in [2.24, 2.45) is 0 Å². The standard InChI is InChI=1S/C23H26N2O4S/c1-30(28,29)25(21-13-12-17-7-2-4-10-19(17)21)23(27)15-14-22(26)24-16-6-9-18-8-3-5-11-20(18)24/h2-5,7-8,10-11,21H,6,9,12-16H2,1H3.